The van der Waals surface area contributed by atoms with Crippen molar-refractivity contribution in [2.75, 3.05) is 13.6 Å². The molecule has 0 aliphatic carbocycles. The summed E-state index contributed by atoms with van der Waals surface area (Å²) in [5.74, 6) is -0.232. The van der Waals surface area contributed by atoms with E-state index in [-0.39, 0.29) is 11.7 Å². The first kappa shape index (κ1) is 12.6. The highest BCUT2D eigenvalue weighted by molar-refractivity contribution is 5.90. The van der Waals surface area contributed by atoms with Crippen molar-refractivity contribution in [2.45, 2.75) is 20.3 Å². The molecule has 0 atom stereocenters. The van der Waals surface area contributed by atoms with E-state index in [0.717, 1.165) is 22.2 Å². The van der Waals surface area contributed by atoms with Crippen molar-refractivity contribution in [2.24, 2.45) is 0 Å². The van der Waals surface area contributed by atoms with E-state index in [9.17, 15) is 9.18 Å². The fraction of sp³-hybridized carbons (Fsp3) is 0.357. The number of halogens is 1. The SMILES string of the molecule is CCN(C)C(=O)Cc1c(C)[nH]c2ccc(F)cc12. The molecule has 1 aromatic heterocycles. The Bertz CT molecular complexity index is 589. The van der Waals surface area contributed by atoms with E-state index in [1.165, 1.54) is 12.1 Å². The third-order valence-electron chi connectivity index (χ3n) is 3.31. The molecule has 0 radical (unpaired) electrons. The number of aromatic amines is 1. The van der Waals surface area contributed by atoms with Crippen LogP contribution in [0, 0.1) is 12.7 Å². The number of nitrogens with zero attached hydrogens (tertiary/aromatic N) is 1. The van der Waals surface area contributed by atoms with Gasteiger partial charge in [0.25, 0.3) is 0 Å². The number of carbonyl (C=O) groups is 1. The predicted octanol–water partition coefficient (Wildman–Crippen LogP) is 2.64. The van der Waals surface area contributed by atoms with E-state index in [1.807, 2.05) is 13.8 Å². The first-order valence-corrected chi connectivity index (χ1v) is 6.03. The van der Waals surface area contributed by atoms with Crippen molar-refractivity contribution < 1.29 is 9.18 Å². The number of nitrogens with one attached hydrogen (secondary N) is 1. The lowest BCUT2D eigenvalue weighted by atomic mass is 10.1. The molecule has 0 aliphatic rings. The highest BCUT2D eigenvalue weighted by Crippen LogP contribution is 2.23. The molecule has 1 heterocycles. The Hall–Kier alpha value is -1.84. The van der Waals surface area contributed by atoms with Gasteiger partial charge in [0, 0.05) is 30.2 Å². The molecule has 0 aliphatic heterocycles. The minimum atomic E-state index is -0.279. The lowest BCUT2D eigenvalue weighted by molar-refractivity contribution is -0.128. The second-order valence-electron chi connectivity index (χ2n) is 4.50. The summed E-state index contributed by atoms with van der Waals surface area (Å²) in [5.41, 5.74) is 2.68. The van der Waals surface area contributed by atoms with E-state index >= 15 is 0 Å². The molecule has 1 amide bonds. The van der Waals surface area contributed by atoms with Gasteiger partial charge in [-0.2, -0.15) is 0 Å². The van der Waals surface area contributed by atoms with Gasteiger partial charge in [0.05, 0.1) is 6.42 Å². The number of hydrogen-bond donors (Lipinski definition) is 1. The molecular formula is C14H17FN2O. The Morgan fingerprint density at radius 2 is 2.17 bits per heavy atom. The number of carbonyl (C=O) groups excluding carboxylic acids is 1. The lowest BCUT2D eigenvalue weighted by Gasteiger charge is -2.14. The zero-order valence-corrected chi connectivity index (χ0v) is 10.9. The van der Waals surface area contributed by atoms with Gasteiger partial charge in [0.2, 0.25) is 5.91 Å². The van der Waals surface area contributed by atoms with Crippen LogP contribution in [0.1, 0.15) is 18.2 Å². The summed E-state index contributed by atoms with van der Waals surface area (Å²) in [6, 6.07) is 4.60. The molecule has 1 aromatic carbocycles. The van der Waals surface area contributed by atoms with Crippen LogP contribution >= 0.6 is 0 Å². The Morgan fingerprint density at radius 3 is 2.83 bits per heavy atom. The number of rotatable bonds is 3. The zero-order valence-electron chi connectivity index (χ0n) is 10.9. The quantitative estimate of drug-likeness (QED) is 0.890. The first-order valence-electron chi connectivity index (χ1n) is 6.03. The molecule has 4 heteroatoms. The maximum Gasteiger partial charge on any atom is 0.226 e. The van der Waals surface area contributed by atoms with Gasteiger partial charge < -0.3 is 9.88 Å². The van der Waals surface area contributed by atoms with Gasteiger partial charge in [0.1, 0.15) is 5.82 Å². The van der Waals surface area contributed by atoms with Crippen LogP contribution in [0.15, 0.2) is 18.2 Å². The zero-order chi connectivity index (χ0) is 13.3. The summed E-state index contributed by atoms with van der Waals surface area (Å²) in [4.78, 5) is 16.8. The monoisotopic (exact) mass is 248 g/mol. The van der Waals surface area contributed by atoms with Crippen LogP contribution in [-0.2, 0) is 11.2 Å². The van der Waals surface area contributed by atoms with E-state index in [1.54, 1.807) is 18.0 Å². The van der Waals surface area contributed by atoms with Gasteiger partial charge in [0.15, 0.2) is 0 Å². The van der Waals surface area contributed by atoms with Crippen LogP contribution in [0.2, 0.25) is 0 Å². The summed E-state index contributed by atoms with van der Waals surface area (Å²) in [6.45, 7) is 4.51. The molecule has 18 heavy (non-hydrogen) atoms. The average Bonchev–Trinajstić information content (AvgIpc) is 2.65. The van der Waals surface area contributed by atoms with Crippen LogP contribution < -0.4 is 0 Å². The third kappa shape index (κ3) is 2.23. The van der Waals surface area contributed by atoms with Crippen molar-refractivity contribution in [3.05, 3.63) is 35.3 Å². The summed E-state index contributed by atoms with van der Waals surface area (Å²) in [6.07, 6.45) is 0.305. The maximum atomic E-state index is 13.3. The van der Waals surface area contributed by atoms with Crippen LogP contribution in [0.5, 0.6) is 0 Å². The Kier molecular flexibility index (Phi) is 3.36. The van der Waals surface area contributed by atoms with E-state index in [2.05, 4.69) is 4.98 Å². The standard InChI is InChI=1S/C14H17FN2O/c1-4-17(3)14(18)8-11-9(2)16-13-6-5-10(15)7-12(11)13/h5-7,16H,4,8H2,1-3H3. The number of fused-ring (bicyclic) bond motifs is 1. The van der Waals surface area contributed by atoms with Crippen molar-refractivity contribution in [3.63, 3.8) is 0 Å². The molecule has 2 aromatic rings. The molecule has 96 valence electrons. The molecule has 0 saturated heterocycles. The van der Waals surface area contributed by atoms with Gasteiger partial charge in [-0.1, -0.05) is 0 Å². The summed E-state index contributed by atoms with van der Waals surface area (Å²) in [7, 11) is 1.77. The minimum Gasteiger partial charge on any atom is -0.358 e. The van der Waals surface area contributed by atoms with Crippen LogP contribution in [-0.4, -0.2) is 29.4 Å². The number of likely N-dealkylation sites (N-methyl/N-ethyl adjacent to an activating group) is 1. The summed E-state index contributed by atoms with van der Waals surface area (Å²) < 4.78 is 13.3. The first-order chi connectivity index (χ1) is 8.52. The fourth-order valence-electron chi connectivity index (χ4n) is 2.04. The second kappa shape index (κ2) is 4.80. The Morgan fingerprint density at radius 1 is 1.44 bits per heavy atom. The van der Waals surface area contributed by atoms with Crippen molar-refractivity contribution in [1.29, 1.82) is 0 Å². The van der Waals surface area contributed by atoms with E-state index in [4.69, 9.17) is 0 Å². The number of H-pyrrole nitrogens is 1. The second-order valence-corrected chi connectivity index (χ2v) is 4.50. The molecule has 2 rings (SSSR count). The van der Waals surface area contributed by atoms with Gasteiger partial charge in [-0.3, -0.25) is 4.79 Å². The summed E-state index contributed by atoms with van der Waals surface area (Å²) >= 11 is 0. The molecule has 0 spiro atoms. The van der Waals surface area contributed by atoms with E-state index < -0.39 is 0 Å². The molecule has 3 nitrogen and oxygen atoms in total. The fourth-order valence-corrected chi connectivity index (χ4v) is 2.04. The lowest BCUT2D eigenvalue weighted by Crippen LogP contribution is -2.27. The summed E-state index contributed by atoms with van der Waals surface area (Å²) in [5, 5.41) is 0.797. The maximum absolute atomic E-state index is 13.3. The number of aromatic nitrogens is 1. The van der Waals surface area contributed by atoms with E-state index in [0.29, 0.717) is 13.0 Å². The molecule has 0 unspecified atom stereocenters. The van der Waals surface area contributed by atoms with Gasteiger partial charge in [-0.05, 0) is 37.6 Å². The smallest absolute Gasteiger partial charge is 0.226 e. The topological polar surface area (TPSA) is 36.1 Å². The number of aryl methyl sites for hydroxylation is 1. The number of amides is 1. The van der Waals surface area contributed by atoms with Gasteiger partial charge in [-0.15, -0.1) is 0 Å². The predicted molar refractivity (Wildman–Crippen MR) is 70.0 cm³/mol. The van der Waals surface area contributed by atoms with Gasteiger partial charge in [-0.25, -0.2) is 4.39 Å². The normalized spacial score (nSPS) is 10.9. The number of hydrogen-bond acceptors (Lipinski definition) is 1. The van der Waals surface area contributed by atoms with Crippen LogP contribution in [0.25, 0.3) is 10.9 Å². The Balaban J connectivity index is 2.41. The molecule has 0 fully saturated rings. The van der Waals surface area contributed by atoms with Crippen molar-refractivity contribution >= 4 is 16.8 Å². The van der Waals surface area contributed by atoms with Crippen molar-refractivity contribution in [1.82, 2.24) is 9.88 Å². The third-order valence-corrected chi connectivity index (χ3v) is 3.31. The molecule has 1 N–H and O–H groups in total. The largest absolute Gasteiger partial charge is 0.358 e. The number of benzene rings is 1. The van der Waals surface area contributed by atoms with Gasteiger partial charge >= 0.3 is 0 Å². The van der Waals surface area contributed by atoms with Crippen LogP contribution in [0.3, 0.4) is 0 Å². The molecule has 0 saturated carbocycles. The highest BCUT2D eigenvalue weighted by Gasteiger charge is 2.14. The van der Waals surface area contributed by atoms with Crippen molar-refractivity contribution in [3.8, 4) is 0 Å². The molecule has 0 bridgehead atoms. The Labute approximate surface area is 106 Å². The molecular weight excluding hydrogens is 231 g/mol. The average molecular weight is 248 g/mol. The highest BCUT2D eigenvalue weighted by atomic mass is 19.1. The van der Waals surface area contributed by atoms with Crippen LogP contribution in [0.4, 0.5) is 4.39 Å². The minimum absolute atomic E-state index is 0.0470.